The lowest BCUT2D eigenvalue weighted by atomic mass is 10.0. The van der Waals surface area contributed by atoms with Gasteiger partial charge in [0.15, 0.2) is 0 Å². The summed E-state index contributed by atoms with van der Waals surface area (Å²) >= 11 is 0. The van der Waals surface area contributed by atoms with Gasteiger partial charge in [0.1, 0.15) is 0 Å². The van der Waals surface area contributed by atoms with Crippen molar-refractivity contribution in [2.75, 3.05) is 6.54 Å². The molecule has 1 aliphatic rings. The zero-order valence-electron chi connectivity index (χ0n) is 11.2. The Kier molecular flexibility index (Phi) is 6.12. The summed E-state index contributed by atoms with van der Waals surface area (Å²) in [7, 11) is 0. The molecule has 0 aromatic rings. The number of amides is 1. The number of aliphatic carboxylic acids is 1. The van der Waals surface area contributed by atoms with Crippen LogP contribution in [0.1, 0.15) is 46.0 Å². The first kappa shape index (κ1) is 15.0. The number of hydrogen-bond donors (Lipinski definition) is 3. The van der Waals surface area contributed by atoms with E-state index in [4.69, 9.17) is 5.11 Å². The number of hydrogen-bond acceptors (Lipinski definition) is 3. The van der Waals surface area contributed by atoms with Gasteiger partial charge < -0.3 is 15.7 Å². The van der Waals surface area contributed by atoms with Gasteiger partial charge in [0.25, 0.3) is 0 Å². The maximum absolute atomic E-state index is 11.8. The highest BCUT2D eigenvalue weighted by Gasteiger charge is 2.22. The summed E-state index contributed by atoms with van der Waals surface area (Å²) in [5.41, 5.74) is 0. The van der Waals surface area contributed by atoms with Crippen LogP contribution >= 0.6 is 0 Å². The molecule has 5 nitrogen and oxygen atoms in total. The summed E-state index contributed by atoms with van der Waals surface area (Å²) in [6.07, 6.45) is 4.29. The van der Waals surface area contributed by atoms with Gasteiger partial charge in [-0.1, -0.05) is 13.3 Å². The molecule has 18 heavy (non-hydrogen) atoms. The third kappa shape index (κ3) is 5.04. The Balaban J connectivity index is 2.14. The second kappa shape index (κ2) is 7.36. The molecule has 0 saturated carbocycles. The summed E-state index contributed by atoms with van der Waals surface area (Å²) in [5.74, 6) is -0.975. The van der Waals surface area contributed by atoms with Crippen LogP contribution in [0.2, 0.25) is 0 Å². The molecule has 0 bridgehead atoms. The molecule has 1 rings (SSSR count). The number of carbonyl (C=O) groups excluding carboxylic acids is 1. The third-order valence-electron chi connectivity index (χ3n) is 3.46. The Bertz CT molecular complexity index is 288. The van der Waals surface area contributed by atoms with Gasteiger partial charge in [0, 0.05) is 6.04 Å². The molecule has 104 valence electrons. The lowest BCUT2D eigenvalue weighted by Gasteiger charge is -2.17. The Morgan fingerprint density at radius 3 is 2.67 bits per heavy atom. The standard InChI is InChI=1S/C13H24N2O3/c1-9(13(17)18)5-3-6-10(2)15-12(16)11-7-4-8-14-11/h9-11,14H,3-8H2,1-2H3,(H,15,16)(H,17,18)/t9?,10?,11-/m1/s1. The number of nitrogens with one attached hydrogen (secondary N) is 2. The highest BCUT2D eigenvalue weighted by atomic mass is 16.4. The van der Waals surface area contributed by atoms with Gasteiger partial charge >= 0.3 is 5.97 Å². The Morgan fingerprint density at radius 1 is 1.39 bits per heavy atom. The van der Waals surface area contributed by atoms with E-state index in [1.807, 2.05) is 6.92 Å². The zero-order valence-corrected chi connectivity index (χ0v) is 11.2. The highest BCUT2D eigenvalue weighted by molar-refractivity contribution is 5.82. The molecule has 3 N–H and O–H groups in total. The molecule has 1 saturated heterocycles. The predicted molar refractivity (Wildman–Crippen MR) is 69.3 cm³/mol. The summed E-state index contributed by atoms with van der Waals surface area (Å²) in [6, 6.07) is 0.0753. The second-order valence-corrected chi connectivity index (χ2v) is 5.23. The molecule has 0 spiro atoms. The van der Waals surface area contributed by atoms with E-state index in [0.717, 1.165) is 32.2 Å². The van der Waals surface area contributed by atoms with Gasteiger partial charge in [-0.05, 0) is 39.2 Å². The van der Waals surface area contributed by atoms with Crippen LogP contribution in [0, 0.1) is 5.92 Å². The van der Waals surface area contributed by atoms with Gasteiger partial charge in [-0.3, -0.25) is 9.59 Å². The SMILES string of the molecule is CC(CCCC(C)C(=O)O)NC(=O)[C@H]1CCCN1. The van der Waals surface area contributed by atoms with E-state index in [1.54, 1.807) is 6.92 Å². The maximum atomic E-state index is 11.8. The van der Waals surface area contributed by atoms with Crippen LogP contribution in [-0.4, -0.2) is 35.6 Å². The van der Waals surface area contributed by atoms with Crippen molar-refractivity contribution in [1.82, 2.24) is 10.6 Å². The van der Waals surface area contributed by atoms with Crippen LogP contribution in [0.25, 0.3) is 0 Å². The minimum absolute atomic E-state index is 0.0367. The van der Waals surface area contributed by atoms with E-state index in [1.165, 1.54) is 0 Å². The van der Waals surface area contributed by atoms with Crippen molar-refractivity contribution in [2.45, 2.75) is 58.0 Å². The fourth-order valence-electron chi connectivity index (χ4n) is 2.18. The van der Waals surface area contributed by atoms with Crippen LogP contribution in [0.5, 0.6) is 0 Å². The van der Waals surface area contributed by atoms with Crippen molar-refractivity contribution < 1.29 is 14.7 Å². The first-order chi connectivity index (χ1) is 8.50. The number of rotatable bonds is 7. The van der Waals surface area contributed by atoms with Crippen LogP contribution in [0.15, 0.2) is 0 Å². The molecule has 5 heteroatoms. The quantitative estimate of drug-likeness (QED) is 0.638. The first-order valence-electron chi connectivity index (χ1n) is 6.77. The molecule has 1 heterocycles. The summed E-state index contributed by atoms with van der Waals surface area (Å²) < 4.78 is 0. The van der Waals surface area contributed by atoms with Crippen molar-refractivity contribution in [3.8, 4) is 0 Å². The van der Waals surface area contributed by atoms with Crippen molar-refractivity contribution in [1.29, 1.82) is 0 Å². The molecule has 2 unspecified atom stereocenters. The summed E-state index contributed by atoms with van der Waals surface area (Å²) in [5, 5.41) is 14.9. The van der Waals surface area contributed by atoms with Gasteiger partial charge in [-0.25, -0.2) is 0 Å². The lowest BCUT2D eigenvalue weighted by molar-refractivity contribution is -0.141. The van der Waals surface area contributed by atoms with E-state index in [-0.39, 0.29) is 23.9 Å². The van der Waals surface area contributed by atoms with Crippen LogP contribution in [0.4, 0.5) is 0 Å². The second-order valence-electron chi connectivity index (χ2n) is 5.23. The van der Waals surface area contributed by atoms with Crippen LogP contribution < -0.4 is 10.6 Å². The normalized spacial score (nSPS) is 22.4. The van der Waals surface area contributed by atoms with Crippen molar-refractivity contribution >= 4 is 11.9 Å². The van der Waals surface area contributed by atoms with Gasteiger partial charge in [0.2, 0.25) is 5.91 Å². The third-order valence-corrected chi connectivity index (χ3v) is 3.46. The van der Waals surface area contributed by atoms with E-state index in [2.05, 4.69) is 10.6 Å². The molecule has 1 fully saturated rings. The number of carbonyl (C=O) groups is 2. The lowest BCUT2D eigenvalue weighted by Crippen LogP contribution is -2.44. The van der Waals surface area contributed by atoms with Crippen molar-refractivity contribution in [3.63, 3.8) is 0 Å². The van der Waals surface area contributed by atoms with E-state index in [0.29, 0.717) is 6.42 Å². The van der Waals surface area contributed by atoms with Crippen LogP contribution in [0.3, 0.4) is 0 Å². The largest absolute Gasteiger partial charge is 0.481 e. The molecular weight excluding hydrogens is 232 g/mol. The Labute approximate surface area is 108 Å². The Morgan fingerprint density at radius 2 is 2.11 bits per heavy atom. The molecule has 1 amide bonds. The van der Waals surface area contributed by atoms with Crippen molar-refractivity contribution in [2.24, 2.45) is 5.92 Å². The number of carboxylic acids is 1. The average Bonchev–Trinajstić information content (AvgIpc) is 2.81. The molecule has 0 aromatic carbocycles. The molecule has 3 atom stereocenters. The van der Waals surface area contributed by atoms with E-state index < -0.39 is 5.97 Å². The fourth-order valence-corrected chi connectivity index (χ4v) is 2.18. The minimum Gasteiger partial charge on any atom is -0.481 e. The maximum Gasteiger partial charge on any atom is 0.306 e. The smallest absolute Gasteiger partial charge is 0.306 e. The Hall–Kier alpha value is -1.10. The highest BCUT2D eigenvalue weighted by Crippen LogP contribution is 2.10. The van der Waals surface area contributed by atoms with Crippen LogP contribution in [-0.2, 0) is 9.59 Å². The predicted octanol–water partition coefficient (Wildman–Crippen LogP) is 1.13. The molecule has 1 aliphatic heterocycles. The first-order valence-corrected chi connectivity index (χ1v) is 6.77. The minimum atomic E-state index is -0.748. The molecular formula is C13H24N2O3. The average molecular weight is 256 g/mol. The van der Waals surface area contributed by atoms with E-state index >= 15 is 0 Å². The number of carboxylic acid groups (broad SMARTS) is 1. The monoisotopic (exact) mass is 256 g/mol. The van der Waals surface area contributed by atoms with Crippen molar-refractivity contribution in [3.05, 3.63) is 0 Å². The topological polar surface area (TPSA) is 78.4 Å². The van der Waals surface area contributed by atoms with Gasteiger partial charge in [-0.2, -0.15) is 0 Å². The summed E-state index contributed by atoms with van der Waals surface area (Å²) in [6.45, 7) is 4.61. The fraction of sp³-hybridized carbons (Fsp3) is 0.846. The molecule has 0 aliphatic carbocycles. The van der Waals surface area contributed by atoms with Gasteiger partial charge in [-0.15, -0.1) is 0 Å². The summed E-state index contributed by atoms with van der Waals surface area (Å²) in [4.78, 5) is 22.4. The zero-order chi connectivity index (χ0) is 13.5. The van der Waals surface area contributed by atoms with Gasteiger partial charge in [0.05, 0.1) is 12.0 Å². The molecule has 0 radical (unpaired) electrons. The molecule has 0 aromatic heterocycles. The van der Waals surface area contributed by atoms with E-state index in [9.17, 15) is 9.59 Å².